The van der Waals surface area contributed by atoms with Crippen LogP contribution >= 0.6 is 0 Å². The van der Waals surface area contributed by atoms with Gasteiger partial charge >= 0.3 is 0 Å². The predicted octanol–water partition coefficient (Wildman–Crippen LogP) is 1.57. The number of rotatable bonds is 3. The highest BCUT2D eigenvalue weighted by Crippen LogP contribution is 2.07. The highest BCUT2D eigenvalue weighted by atomic mass is 16.2. The largest absolute Gasteiger partial charge is 0.285 e. The Morgan fingerprint density at radius 1 is 0.611 bits per heavy atom. The van der Waals surface area contributed by atoms with E-state index in [1.165, 1.54) is 0 Å². The maximum absolute atomic E-state index is 11.8. The second-order valence-electron chi connectivity index (χ2n) is 3.39. The monoisotopic (exact) mass is 242 g/mol. The predicted molar refractivity (Wildman–Crippen MR) is 69.9 cm³/mol. The number of benzene rings is 2. The van der Waals surface area contributed by atoms with Crippen molar-refractivity contribution in [3.8, 4) is 0 Å². The van der Waals surface area contributed by atoms with Gasteiger partial charge < -0.3 is 0 Å². The third kappa shape index (κ3) is 3.35. The highest BCUT2D eigenvalue weighted by molar-refractivity contribution is 6.49. The lowest BCUT2D eigenvalue weighted by atomic mass is 10.0. The van der Waals surface area contributed by atoms with E-state index in [0.717, 1.165) is 0 Å². The summed E-state index contributed by atoms with van der Waals surface area (Å²) in [6, 6.07) is 17.2. The van der Waals surface area contributed by atoms with Gasteiger partial charge in [-0.15, -0.1) is 0 Å². The van der Waals surface area contributed by atoms with Crippen molar-refractivity contribution in [2.75, 3.05) is 0 Å². The Labute approximate surface area is 105 Å². The minimum atomic E-state index is -0.466. The van der Waals surface area contributed by atoms with Gasteiger partial charge in [-0.1, -0.05) is 60.7 Å². The minimum Gasteiger partial charge on any atom is -0.285 e. The van der Waals surface area contributed by atoms with Crippen molar-refractivity contribution < 1.29 is 9.59 Å². The van der Waals surface area contributed by atoms with Crippen LogP contribution in [0.15, 0.2) is 60.7 Å². The van der Waals surface area contributed by atoms with E-state index >= 15 is 0 Å². The van der Waals surface area contributed by atoms with Crippen molar-refractivity contribution in [1.29, 1.82) is 0 Å². The molecule has 0 heterocycles. The highest BCUT2D eigenvalue weighted by Gasteiger charge is 2.16. The van der Waals surface area contributed by atoms with Gasteiger partial charge in [0.1, 0.15) is 0 Å². The number of hydrogen-bond acceptors (Lipinski definition) is 4. The third-order valence-corrected chi connectivity index (χ3v) is 2.28. The molecule has 2 rings (SSSR count). The van der Waals surface area contributed by atoms with E-state index in [1.807, 2.05) is 12.1 Å². The van der Waals surface area contributed by atoms with E-state index in [9.17, 15) is 9.59 Å². The molecule has 0 aliphatic heterocycles. The summed E-state index contributed by atoms with van der Waals surface area (Å²) in [6.07, 6.45) is 0. The van der Waals surface area contributed by atoms with Crippen molar-refractivity contribution in [1.82, 2.24) is 0 Å². The second-order valence-corrected chi connectivity index (χ2v) is 3.39. The molecule has 0 aromatic heterocycles. The van der Waals surface area contributed by atoms with Crippen LogP contribution in [0.3, 0.4) is 0 Å². The van der Waals surface area contributed by atoms with Gasteiger partial charge in [-0.25, -0.2) is 0 Å². The van der Waals surface area contributed by atoms with Gasteiger partial charge in [0.2, 0.25) is 11.6 Å². The SMILES string of the molecule is NN.O=C(C(=O)c1ccccc1)c1ccccc1. The zero-order valence-electron chi connectivity index (χ0n) is 9.74. The standard InChI is InChI=1S/C14H10O2.H4N2/c15-13(11-7-3-1-4-8-11)14(16)12-9-5-2-6-10-12;1-2/h1-10H;1-2H2. The Morgan fingerprint density at radius 3 is 1.17 bits per heavy atom. The van der Waals surface area contributed by atoms with E-state index in [4.69, 9.17) is 0 Å². The first kappa shape index (κ1) is 13.8. The number of Topliss-reactive ketones (excluding diaryl/α,β-unsaturated/α-hetero) is 2. The van der Waals surface area contributed by atoms with Gasteiger partial charge in [0.05, 0.1) is 0 Å². The molecule has 0 saturated carbocycles. The molecule has 0 fully saturated rings. The molecule has 92 valence electrons. The summed E-state index contributed by atoms with van der Waals surface area (Å²) in [5.74, 6) is 7.07. The van der Waals surface area contributed by atoms with E-state index < -0.39 is 11.6 Å². The maximum atomic E-state index is 11.8. The van der Waals surface area contributed by atoms with Crippen molar-refractivity contribution in [3.63, 3.8) is 0 Å². The first-order valence-corrected chi connectivity index (χ1v) is 5.31. The number of ketones is 2. The average Bonchev–Trinajstić information content (AvgIpc) is 2.49. The molecule has 0 bridgehead atoms. The number of hydrogen-bond donors (Lipinski definition) is 2. The maximum Gasteiger partial charge on any atom is 0.233 e. The molecule has 2 aromatic carbocycles. The lowest BCUT2D eigenvalue weighted by molar-refractivity contribution is 0.0817. The van der Waals surface area contributed by atoms with Crippen molar-refractivity contribution >= 4 is 11.6 Å². The number of hydrazine groups is 1. The van der Waals surface area contributed by atoms with Crippen LogP contribution in [0.25, 0.3) is 0 Å². The van der Waals surface area contributed by atoms with Crippen LogP contribution in [0, 0.1) is 0 Å². The van der Waals surface area contributed by atoms with Crippen molar-refractivity contribution in [2.24, 2.45) is 11.7 Å². The first-order valence-electron chi connectivity index (χ1n) is 5.31. The Kier molecular flexibility index (Phi) is 5.44. The molecule has 2 aromatic rings. The number of carbonyl (C=O) groups is 2. The summed E-state index contributed by atoms with van der Waals surface area (Å²) in [6.45, 7) is 0. The minimum absolute atomic E-state index is 0.427. The van der Waals surface area contributed by atoms with Crippen LogP contribution < -0.4 is 11.7 Å². The summed E-state index contributed by atoms with van der Waals surface area (Å²) in [4.78, 5) is 23.6. The van der Waals surface area contributed by atoms with Crippen LogP contribution in [0.4, 0.5) is 0 Å². The molecule has 0 saturated heterocycles. The van der Waals surface area contributed by atoms with E-state index in [0.29, 0.717) is 11.1 Å². The zero-order chi connectivity index (χ0) is 13.4. The summed E-state index contributed by atoms with van der Waals surface area (Å²) in [5, 5.41) is 0. The van der Waals surface area contributed by atoms with Crippen LogP contribution in [0.2, 0.25) is 0 Å². The second kappa shape index (κ2) is 7.11. The topological polar surface area (TPSA) is 86.2 Å². The van der Waals surface area contributed by atoms with Crippen LogP contribution in [0.1, 0.15) is 20.7 Å². The van der Waals surface area contributed by atoms with Gasteiger partial charge in [0.15, 0.2) is 0 Å². The molecule has 18 heavy (non-hydrogen) atoms. The summed E-state index contributed by atoms with van der Waals surface area (Å²) >= 11 is 0. The molecular weight excluding hydrogens is 228 g/mol. The van der Waals surface area contributed by atoms with Gasteiger partial charge in [-0.3, -0.25) is 21.3 Å². The third-order valence-electron chi connectivity index (χ3n) is 2.28. The fourth-order valence-electron chi connectivity index (χ4n) is 1.44. The number of carbonyl (C=O) groups excluding carboxylic acids is 2. The summed E-state index contributed by atoms with van der Waals surface area (Å²) in [5.41, 5.74) is 0.854. The van der Waals surface area contributed by atoms with Crippen molar-refractivity contribution in [3.05, 3.63) is 71.8 Å². The Hall–Kier alpha value is -2.30. The van der Waals surface area contributed by atoms with Crippen LogP contribution in [-0.4, -0.2) is 11.6 Å². The molecule has 0 atom stereocenters. The quantitative estimate of drug-likeness (QED) is 0.370. The van der Waals surface area contributed by atoms with Crippen molar-refractivity contribution in [2.45, 2.75) is 0 Å². The molecule has 0 aliphatic carbocycles. The molecule has 0 amide bonds. The van der Waals surface area contributed by atoms with E-state index in [2.05, 4.69) is 11.7 Å². The molecule has 4 nitrogen and oxygen atoms in total. The molecule has 4 N–H and O–H groups in total. The molecule has 0 radical (unpaired) electrons. The number of nitrogens with two attached hydrogens (primary N) is 2. The summed E-state index contributed by atoms with van der Waals surface area (Å²) < 4.78 is 0. The van der Waals surface area contributed by atoms with Gasteiger partial charge in [0.25, 0.3) is 0 Å². The average molecular weight is 242 g/mol. The van der Waals surface area contributed by atoms with E-state index in [1.54, 1.807) is 48.5 Å². The molecular formula is C14H14N2O2. The smallest absolute Gasteiger partial charge is 0.233 e. The van der Waals surface area contributed by atoms with E-state index in [-0.39, 0.29) is 0 Å². The van der Waals surface area contributed by atoms with Crippen LogP contribution in [-0.2, 0) is 0 Å². The van der Waals surface area contributed by atoms with Crippen LogP contribution in [0.5, 0.6) is 0 Å². The molecule has 4 heteroatoms. The van der Waals surface area contributed by atoms with Gasteiger partial charge in [-0.2, -0.15) is 0 Å². The fraction of sp³-hybridized carbons (Fsp3) is 0. The lowest BCUT2D eigenvalue weighted by Gasteiger charge is -1.99. The Bertz CT molecular complexity index is 460. The normalized spacial score (nSPS) is 9.00. The lowest BCUT2D eigenvalue weighted by Crippen LogP contribution is -2.14. The molecule has 0 aliphatic rings. The first-order chi connectivity index (χ1) is 8.79. The van der Waals surface area contributed by atoms with Gasteiger partial charge in [0, 0.05) is 11.1 Å². The fourth-order valence-corrected chi connectivity index (χ4v) is 1.44. The molecule has 0 unspecified atom stereocenters. The summed E-state index contributed by atoms with van der Waals surface area (Å²) in [7, 11) is 0. The molecule has 0 spiro atoms. The zero-order valence-corrected chi connectivity index (χ0v) is 9.74. The Balaban J connectivity index is 0.000000771. The Morgan fingerprint density at radius 2 is 0.889 bits per heavy atom. The van der Waals surface area contributed by atoms with Gasteiger partial charge in [-0.05, 0) is 0 Å².